The van der Waals surface area contributed by atoms with Crippen molar-refractivity contribution in [1.82, 2.24) is 9.78 Å². The Hall–Kier alpha value is -2.63. The van der Waals surface area contributed by atoms with Crippen LogP contribution in [0.5, 0.6) is 0 Å². The summed E-state index contributed by atoms with van der Waals surface area (Å²) in [4.78, 5) is 24.2. The number of hydrogen-bond acceptors (Lipinski definition) is 3. The molecule has 0 saturated carbocycles. The van der Waals surface area contributed by atoms with Crippen LogP contribution in [0.25, 0.3) is 11.3 Å². The van der Waals surface area contributed by atoms with Gasteiger partial charge in [-0.1, -0.05) is 47.5 Å². The molecule has 25 heavy (non-hydrogen) atoms. The summed E-state index contributed by atoms with van der Waals surface area (Å²) < 4.78 is 1.10. The number of aromatic nitrogens is 2. The largest absolute Gasteiger partial charge is 0.324 e. The van der Waals surface area contributed by atoms with Crippen LogP contribution in [0.3, 0.4) is 0 Å². The van der Waals surface area contributed by atoms with E-state index in [1.54, 1.807) is 48.5 Å². The summed E-state index contributed by atoms with van der Waals surface area (Å²) in [5, 5.41) is 7.94. The van der Waals surface area contributed by atoms with Crippen molar-refractivity contribution in [3.63, 3.8) is 0 Å². The monoisotopic (exact) mass is 373 g/mol. The molecule has 7 heteroatoms. The number of hydrogen-bond donors (Lipinski definition) is 1. The molecule has 1 amide bonds. The van der Waals surface area contributed by atoms with Crippen LogP contribution in [-0.2, 0) is 11.3 Å². The lowest BCUT2D eigenvalue weighted by atomic mass is 10.1. The SMILES string of the molecule is O=C(Cn1nc(-c2ccccc2Cl)ccc1=O)Nc1cccc(Cl)c1. The van der Waals surface area contributed by atoms with Crippen LogP contribution in [0, 0.1) is 0 Å². The van der Waals surface area contributed by atoms with E-state index in [9.17, 15) is 9.59 Å². The Bertz CT molecular complexity index is 986. The number of anilines is 1. The number of amides is 1. The topological polar surface area (TPSA) is 64.0 Å². The van der Waals surface area contributed by atoms with Crippen LogP contribution < -0.4 is 10.9 Å². The zero-order chi connectivity index (χ0) is 17.8. The number of carbonyl (C=O) groups is 1. The number of halogens is 2. The summed E-state index contributed by atoms with van der Waals surface area (Å²) in [5.74, 6) is -0.381. The fraction of sp³-hybridized carbons (Fsp3) is 0.0556. The van der Waals surface area contributed by atoms with E-state index in [4.69, 9.17) is 23.2 Å². The van der Waals surface area contributed by atoms with Crippen molar-refractivity contribution < 1.29 is 4.79 Å². The highest BCUT2D eigenvalue weighted by Crippen LogP contribution is 2.24. The minimum Gasteiger partial charge on any atom is -0.324 e. The van der Waals surface area contributed by atoms with E-state index in [2.05, 4.69) is 10.4 Å². The zero-order valence-corrected chi connectivity index (χ0v) is 14.5. The molecule has 0 aliphatic carbocycles. The van der Waals surface area contributed by atoms with Crippen molar-refractivity contribution in [2.75, 3.05) is 5.32 Å². The summed E-state index contributed by atoms with van der Waals surface area (Å²) >= 11 is 12.0. The van der Waals surface area contributed by atoms with Crippen LogP contribution >= 0.6 is 23.2 Å². The van der Waals surface area contributed by atoms with Crippen molar-refractivity contribution in [3.8, 4) is 11.3 Å². The third-order valence-electron chi connectivity index (χ3n) is 3.42. The lowest BCUT2D eigenvalue weighted by Crippen LogP contribution is -2.29. The van der Waals surface area contributed by atoms with Crippen LogP contribution in [-0.4, -0.2) is 15.7 Å². The number of nitrogens with one attached hydrogen (secondary N) is 1. The van der Waals surface area contributed by atoms with Gasteiger partial charge in [-0.3, -0.25) is 9.59 Å². The molecule has 0 fully saturated rings. The highest BCUT2D eigenvalue weighted by Gasteiger charge is 2.10. The second-order valence-corrected chi connectivity index (χ2v) is 6.10. The van der Waals surface area contributed by atoms with Crippen molar-refractivity contribution in [2.24, 2.45) is 0 Å². The molecule has 0 aliphatic rings. The highest BCUT2D eigenvalue weighted by atomic mass is 35.5. The van der Waals surface area contributed by atoms with E-state index in [1.165, 1.54) is 6.07 Å². The van der Waals surface area contributed by atoms with Crippen LogP contribution in [0.15, 0.2) is 65.5 Å². The van der Waals surface area contributed by atoms with Crippen LogP contribution in [0.4, 0.5) is 5.69 Å². The van der Waals surface area contributed by atoms with E-state index in [0.29, 0.717) is 27.0 Å². The first kappa shape index (κ1) is 17.2. The summed E-state index contributed by atoms with van der Waals surface area (Å²) in [7, 11) is 0. The minimum atomic E-state index is -0.381. The predicted octanol–water partition coefficient (Wildman–Crippen LogP) is 3.86. The fourth-order valence-electron chi connectivity index (χ4n) is 2.28. The molecule has 3 rings (SSSR count). The molecule has 5 nitrogen and oxygen atoms in total. The molecule has 0 bridgehead atoms. The molecule has 0 saturated heterocycles. The molecule has 0 radical (unpaired) electrons. The standard InChI is InChI=1S/C18H13Cl2N3O2/c19-12-4-3-5-13(10-12)21-17(24)11-23-18(25)9-8-16(22-23)14-6-1-2-7-15(14)20/h1-10H,11H2,(H,21,24). The van der Waals surface area contributed by atoms with Crippen molar-refractivity contribution in [2.45, 2.75) is 6.54 Å². The third-order valence-corrected chi connectivity index (χ3v) is 3.98. The highest BCUT2D eigenvalue weighted by molar-refractivity contribution is 6.33. The van der Waals surface area contributed by atoms with Gasteiger partial charge in [-0.15, -0.1) is 0 Å². The Morgan fingerprint density at radius 1 is 1.04 bits per heavy atom. The van der Waals surface area contributed by atoms with Gasteiger partial charge in [-0.05, 0) is 30.3 Å². The molecule has 0 atom stereocenters. The Kier molecular flexibility index (Phi) is 5.16. The van der Waals surface area contributed by atoms with Gasteiger partial charge in [0.1, 0.15) is 6.54 Å². The van der Waals surface area contributed by atoms with Crippen molar-refractivity contribution in [3.05, 3.63) is 81.1 Å². The summed E-state index contributed by atoms with van der Waals surface area (Å²) in [6.45, 7) is -0.219. The van der Waals surface area contributed by atoms with Crippen molar-refractivity contribution in [1.29, 1.82) is 0 Å². The summed E-state index contributed by atoms with van der Waals surface area (Å²) in [6.07, 6.45) is 0. The van der Waals surface area contributed by atoms with Crippen molar-refractivity contribution >= 4 is 34.8 Å². The van der Waals surface area contributed by atoms with E-state index in [1.807, 2.05) is 6.07 Å². The van der Waals surface area contributed by atoms with E-state index >= 15 is 0 Å². The van der Waals surface area contributed by atoms with Gasteiger partial charge in [-0.25, -0.2) is 4.68 Å². The van der Waals surface area contributed by atoms with Gasteiger partial charge in [-0.2, -0.15) is 5.10 Å². The predicted molar refractivity (Wildman–Crippen MR) is 99.0 cm³/mol. The first-order valence-electron chi connectivity index (χ1n) is 7.41. The maximum Gasteiger partial charge on any atom is 0.267 e. The second-order valence-electron chi connectivity index (χ2n) is 5.25. The summed E-state index contributed by atoms with van der Waals surface area (Å²) in [5.41, 5.74) is 1.37. The van der Waals surface area contributed by atoms with E-state index < -0.39 is 0 Å². The molecular formula is C18H13Cl2N3O2. The van der Waals surface area contributed by atoms with Gasteiger partial charge in [0.15, 0.2) is 0 Å². The molecule has 0 aliphatic heterocycles. The lowest BCUT2D eigenvalue weighted by molar-refractivity contribution is -0.117. The number of benzene rings is 2. The van der Waals surface area contributed by atoms with Crippen LogP contribution in [0.1, 0.15) is 0 Å². The molecule has 1 aromatic heterocycles. The first-order chi connectivity index (χ1) is 12.0. The second kappa shape index (κ2) is 7.51. The molecule has 3 aromatic rings. The van der Waals surface area contributed by atoms with Gasteiger partial charge in [0.25, 0.3) is 5.56 Å². The molecule has 0 spiro atoms. The third kappa shape index (κ3) is 4.26. The maximum absolute atomic E-state index is 12.2. The number of carbonyl (C=O) groups excluding carboxylic acids is 1. The molecular weight excluding hydrogens is 361 g/mol. The van der Waals surface area contributed by atoms with Gasteiger partial charge in [0, 0.05) is 22.3 Å². The number of rotatable bonds is 4. The Labute approximate surface area is 153 Å². The maximum atomic E-state index is 12.2. The smallest absolute Gasteiger partial charge is 0.267 e. The average molecular weight is 374 g/mol. The normalized spacial score (nSPS) is 10.5. The first-order valence-corrected chi connectivity index (χ1v) is 8.17. The van der Waals surface area contributed by atoms with Gasteiger partial charge < -0.3 is 5.32 Å². The molecule has 1 heterocycles. The molecule has 2 aromatic carbocycles. The lowest BCUT2D eigenvalue weighted by Gasteiger charge is -2.09. The Balaban J connectivity index is 1.83. The molecule has 126 valence electrons. The Morgan fingerprint density at radius 2 is 1.84 bits per heavy atom. The van der Waals surface area contributed by atoms with Gasteiger partial charge >= 0.3 is 0 Å². The Morgan fingerprint density at radius 3 is 2.60 bits per heavy atom. The quantitative estimate of drug-likeness (QED) is 0.755. The summed E-state index contributed by atoms with van der Waals surface area (Å²) in [6, 6.07) is 16.9. The van der Waals surface area contributed by atoms with Gasteiger partial charge in [0.05, 0.1) is 10.7 Å². The van der Waals surface area contributed by atoms with E-state index in [0.717, 1.165) is 4.68 Å². The van der Waals surface area contributed by atoms with Gasteiger partial charge in [0.2, 0.25) is 5.91 Å². The molecule has 0 unspecified atom stereocenters. The fourth-order valence-corrected chi connectivity index (χ4v) is 2.70. The minimum absolute atomic E-state index is 0.219. The zero-order valence-electron chi connectivity index (χ0n) is 12.9. The average Bonchev–Trinajstić information content (AvgIpc) is 2.57. The molecule has 1 N–H and O–H groups in total. The van der Waals surface area contributed by atoms with Crippen LogP contribution in [0.2, 0.25) is 10.0 Å². The number of nitrogens with zero attached hydrogens (tertiary/aromatic N) is 2. The van der Waals surface area contributed by atoms with E-state index in [-0.39, 0.29) is 18.0 Å².